The minimum Gasteiger partial charge on any atom is -0.315 e. The summed E-state index contributed by atoms with van der Waals surface area (Å²) in [5.74, 6) is 0.878. The molecule has 1 aromatic rings. The maximum atomic E-state index is 3.70. The van der Waals surface area contributed by atoms with E-state index in [0.717, 1.165) is 18.5 Å². The third-order valence-corrected chi connectivity index (χ3v) is 5.11. The minimum absolute atomic E-state index is 0.756. The number of piperidine rings is 1. The Morgan fingerprint density at radius 1 is 1.39 bits per heavy atom. The molecule has 98 valence electrons. The summed E-state index contributed by atoms with van der Waals surface area (Å²) < 4.78 is 1.26. The van der Waals surface area contributed by atoms with Crippen molar-refractivity contribution in [3.8, 4) is 0 Å². The summed E-state index contributed by atoms with van der Waals surface area (Å²) in [4.78, 5) is 2.67. The number of benzene rings is 1. The topological polar surface area (TPSA) is 15.3 Å². The summed E-state index contributed by atoms with van der Waals surface area (Å²) in [5, 5.41) is 3.55. The Bertz CT molecular complexity index is 433. The first kappa shape index (κ1) is 12.6. The molecule has 2 fully saturated rings. The van der Waals surface area contributed by atoms with E-state index in [2.05, 4.69) is 51.3 Å². The summed E-state index contributed by atoms with van der Waals surface area (Å²) in [6.45, 7) is 6.88. The van der Waals surface area contributed by atoms with Crippen LogP contribution in [0.5, 0.6) is 0 Å². The number of nitrogens with zero attached hydrogens (tertiary/aromatic N) is 1. The average molecular weight is 309 g/mol. The molecule has 3 heteroatoms. The van der Waals surface area contributed by atoms with Gasteiger partial charge in [-0.25, -0.2) is 0 Å². The highest BCUT2D eigenvalue weighted by atomic mass is 79.9. The second-order valence-corrected chi connectivity index (χ2v) is 6.55. The number of rotatable bonds is 2. The van der Waals surface area contributed by atoms with Crippen molar-refractivity contribution in [2.24, 2.45) is 5.92 Å². The van der Waals surface area contributed by atoms with Crippen molar-refractivity contribution < 1.29 is 0 Å². The molecule has 1 aromatic carbocycles. The first-order valence-corrected chi connectivity index (χ1v) is 7.73. The standard InChI is InChI=1S/C15H21BrN2/c1-11-4-5-13(14(16)7-11)10-18-6-2-3-12-8-17-9-15(12)18/h4-5,7,12,15,17H,2-3,6,8-10H2,1H3. The lowest BCUT2D eigenvalue weighted by Gasteiger charge is -2.37. The predicted octanol–water partition coefficient (Wildman–Crippen LogP) is 2.94. The highest BCUT2D eigenvalue weighted by Gasteiger charge is 2.34. The van der Waals surface area contributed by atoms with Crippen LogP contribution in [-0.4, -0.2) is 30.6 Å². The van der Waals surface area contributed by atoms with Crippen LogP contribution in [0.3, 0.4) is 0 Å². The molecule has 0 spiro atoms. The van der Waals surface area contributed by atoms with Crippen molar-refractivity contribution in [1.29, 1.82) is 0 Å². The number of halogens is 1. The first-order valence-electron chi connectivity index (χ1n) is 6.94. The molecular formula is C15H21BrN2. The average Bonchev–Trinajstić information content (AvgIpc) is 2.82. The number of aryl methyl sites for hydroxylation is 1. The molecule has 18 heavy (non-hydrogen) atoms. The van der Waals surface area contributed by atoms with Gasteiger partial charge in [0.1, 0.15) is 0 Å². The Morgan fingerprint density at radius 2 is 2.28 bits per heavy atom. The molecule has 2 nitrogen and oxygen atoms in total. The maximum Gasteiger partial charge on any atom is 0.0264 e. The fraction of sp³-hybridized carbons (Fsp3) is 0.600. The Balaban J connectivity index is 1.75. The first-order chi connectivity index (χ1) is 8.74. The van der Waals surface area contributed by atoms with E-state index < -0.39 is 0 Å². The lowest BCUT2D eigenvalue weighted by molar-refractivity contribution is 0.117. The summed E-state index contributed by atoms with van der Waals surface area (Å²) in [5.41, 5.74) is 2.75. The number of likely N-dealkylation sites (tertiary alicyclic amines) is 1. The van der Waals surface area contributed by atoms with Crippen molar-refractivity contribution in [2.75, 3.05) is 19.6 Å². The van der Waals surface area contributed by atoms with E-state index in [9.17, 15) is 0 Å². The summed E-state index contributed by atoms with van der Waals surface area (Å²) in [7, 11) is 0. The molecule has 3 rings (SSSR count). The number of hydrogen-bond acceptors (Lipinski definition) is 2. The van der Waals surface area contributed by atoms with E-state index in [-0.39, 0.29) is 0 Å². The van der Waals surface area contributed by atoms with Gasteiger partial charge in [-0.3, -0.25) is 4.90 Å². The van der Waals surface area contributed by atoms with Crippen LogP contribution in [0.2, 0.25) is 0 Å². The smallest absolute Gasteiger partial charge is 0.0264 e. The minimum atomic E-state index is 0.756. The third-order valence-electron chi connectivity index (χ3n) is 4.38. The second-order valence-electron chi connectivity index (χ2n) is 5.69. The van der Waals surface area contributed by atoms with E-state index in [1.807, 2.05) is 0 Å². The Kier molecular flexibility index (Phi) is 3.73. The maximum absolute atomic E-state index is 3.70. The highest BCUT2D eigenvalue weighted by molar-refractivity contribution is 9.10. The van der Waals surface area contributed by atoms with E-state index in [0.29, 0.717) is 0 Å². The highest BCUT2D eigenvalue weighted by Crippen LogP contribution is 2.29. The molecule has 2 atom stereocenters. The lowest BCUT2D eigenvalue weighted by Crippen LogP contribution is -2.44. The van der Waals surface area contributed by atoms with Gasteiger partial charge < -0.3 is 5.32 Å². The van der Waals surface area contributed by atoms with Crippen LogP contribution in [0.4, 0.5) is 0 Å². The van der Waals surface area contributed by atoms with Gasteiger partial charge in [0.2, 0.25) is 0 Å². The van der Waals surface area contributed by atoms with Gasteiger partial charge in [0, 0.05) is 23.6 Å². The van der Waals surface area contributed by atoms with E-state index in [1.54, 1.807) is 0 Å². The molecule has 0 bridgehead atoms. The van der Waals surface area contributed by atoms with Gasteiger partial charge >= 0.3 is 0 Å². The van der Waals surface area contributed by atoms with Gasteiger partial charge in [-0.15, -0.1) is 0 Å². The number of hydrogen-bond donors (Lipinski definition) is 1. The van der Waals surface area contributed by atoms with Gasteiger partial charge in [-0.2, -0.15) is 0 Å². The largest absolute Gasteiger partial charge is 0.315 e. The second kappa shape index (κ2) is 5.32. The van der Waals surface area contributed by atoms with Crippen LogP contribution >= 0.6 is 15.9 Å². The Hall–Kier alpha value is -0.380. The van der Waals surface area contributed by atoms with Crippen molar-refractivity contribution in [3.05, 3.63) is 33.8 Å². The Labute approximate surface area is 118 Å². The molecule has 2 saturated heterocycles. The van der Waals surface area contributed by atoms with Crippen LogP contribution in [0, 0.1) is 12.8 Å². The molecule has 2 heterocycles. The molecule has 0 saturated carbocycles. The fourth-order valence-corrected chi connectivity index (χ4v) is 3.98. The van der Waals surface area contributed by atoms with Gasteiger partial charge in [0.25, 0.3) is 0 Å². The molecule has 2 aliphatic rings. The number of nitrogens with one attached hydrogen (secondary N) is 1. The van der Waals surface area contributed by atoms with Crippen LogP contribution in [0.25, 0.3) is 0 Å². The number of fused-ring (bicyclic) bond motifs is 1. The normalized spacial score (nSPS) is 28.3. The predicted molar refractivity (Wildman–Crippen MR) is 78.7 cm³/mol. The van der Waals surface area contributed by atoms with Crippen molar-refractivity contribution in [1.82, 2.24) is 10.2 Å². The molecule has 0 amide bonds. The van der Waals surface area contributed by atoms with E-state index in [1.165, 1.54) is 48.1 Å². The van der Waals surface area contributed by atoms with Gasteiger partial charge in [0.15, 0.2) is 0 Å². The molecule has 2 aliphatic heterocycles. The molecule has 1 N–H and O–H groups in total. The monoisotopic (exact) mass is 308 g/mol. The fourth-order valence-electron chi connectivity index (χ4n) is 3.36. The molecule has 0 aliphatic carbocycles. The zero-order valence-corrected chi connectivity index (χ0v) is 12.5. The van der Waals surface area contributed by atoms with Crippen molar-refractivity contribution in [2.45, 2.75) is 32.4 Å². The summed E-state index contributed by atoms with van der Waals surface area (Å²) >= 11 is 3.70. The van der Waals surface area contributed by atoms with E-state index in [4.69, 9.17) is 0 Å². The molecular weight excluding hydrogens is 288 g/mol. The van der Waals surface area contributed by atoms with Crippen LogP contribution in [0.1, 0.15) is 24.0 Å². The summed E-state index contributed by atoms with van der Waals surface area (Å²) in [6, 6.07) is 7.47. The van der Waals surface area contributed by atoms with Crippen LogP contribution < -0.4 is 5.32 Å². The van der Waals surface area contributed by atoms with Crippen LogP contribution in [-0.2, 0) is 6.54 Å². The third kappa shape index (κ3) is 2.49. The zero-order valence-electron chi connectivity index (χ0n) is 11.0. The van der Waals surface area contributed by atoms with E-state index >= 15 is 0 Å². The van der Waals surface area contributed by atoms with Gasteiger partial charge in [0.05, 0.1) is 0 Å². The SMILES string of the molecule is Cc1ccc(CN2CCCC3CNCC32)c(Br)c1. The summed E-state index contributed by atoms with van der Waals surface area (Å²) in [6.07, 6.45) is 2.76. The van der Waals surface area contributed by atoms with Crippen molar-refractivity contribution >= 4 is 15.9 Å². The Morgan fingerprint density at radius 3 is 3.11 bits per heavy atom. The van der Waals surface area contributed by atoms with Gasteiger partial charge in [-0.05, 0) is 56.0 Å². The zero-order chi connectivity index (χ0) is 12.5. The lowest BCUT2D eigenvalue weighted by atomic mass is 9.91. The molecule has 0 aromatic heterocycles. The van der Waals surface area contributed by atoms with Gasteiger partial charge in [-0.1, -0.05) is 28.1 Å². The molecule has 2 unspecified atom stereocenters. The quantitative estimate of drug-likeness (QED) is 0.903. The van der Waals surface area contributed by atoms with Crippen molar-refractivity contribution in [3.63, 3.8) is 0 Å². The van der Waals surface area contributed by atoms with Crippen LogP contribution in [0.15, 0.2) is 22.7 Å². The molecule has 0 radical (unpaired) electrons.